The van der Waals surface area contributed by atoms with Crippen molar-refractivity contribution in [1.29, 1.82) is 0 Å². The topological polar surface area (TPSA) is 62.5 Å². The molecule has 0 bridgehead atoms. The van der Waals surface area contributed by atoms with Crippen molar-refractivity contribution in [2.75, 3.05) is 26.2 Å². The van der Waals surface area contributed by atoms with Crippen molar-refractivity contribution in [3.8, 4) is 11.5 Å². The summed E-state index contributed by atoms with van der Waals surface area (Å²) in [6.07, 6.45) is 1.69. The van der Waals surface area contributed by atoms with Crippen LogP contribution in [0.1, 0.15) is 46.4 Å². The van der Waals surface area contributed by atoms with Crippen LogP contribution in [-0.4, -0.2) is 52.0 Å². The highest BCUT2D eigenvalue weighted by atomic mass is 35.5. The zero-order chi connectivity index (χ0) is 21.0. The van der Waals surface area contributed by atoms with E-state index in [2.05, 4.69) is 42.7 Å². The third-order valence-corrected chi connectivity index (χ3v) is 5.48. The fourth-order valence-corrected chi connectivity index (χ4v) is 4.18. The van der Waals surface area contributed by atoms with Crippen molar-refractivity contribution in [3.05, 3.63) is 35.1 Å². The lowest BCUT2D eigenvalue weighted by atomic mass is 9.84. The Morgan fingerprint density at radius 1 is 1.21 bits per heavy atom. The number of hydrogen-bond donors (Lipinski definition) is 0. The third-order valence-electron chi connectivity index (χ3n) is 5.15. The number of halogens is 1. The van der Waals surface area contributed by atoms with Crippen LogP contribution in [0.4, 0.5) is 0 Å². The van der Waals surface area contributed by atoms with Gasteiger partial charge in [0.2, 0.25) is 5.91 Å². The number of rotatable bonds is 6. The number of carbonyl (C=O) groups is 1. The van der Waals surface area contributed by atoms with Gasteiger partial charge in [0.1, 0.15) is 0 Å². The molecule has 7 heteroatoms. The number of aromatic nitrogens is 2. The molecule has 0 aliphatic carbocycles. The van der Waals surface area contributed by atoms with Gasteiger partial charge in [-0.2, -0.15) is 4.98 Å². The van der Waals surface area contributed by atoms with Gasteiger partial charge in [0, 0.05) is 32.6 Å². The fourth-order valence-electron chi connectivity index (χ4n) is 3.96. The maximum atomic E-state index is 12.6. The van der Waals surface area contributed by atoms with E-state index in [0.29, 0.717) is 35.6 Å². The van der Waals surface area contributed by atoms with E-state index in [1.165, 1.54) is 0 Å². The van der Waals surface area contributed by atoms with E-state index in [9.17, 15) is 4.79 Å². The highest BCUT2D eigenvalue weighted by Crippen LogP contribution is 2.27. The molecule has 1 aromatic heterocycles. The second kappa shape index (κ2) is 9.26. The first-order chi connectivity index (χ1) is 13.7. The summed E-state index contributed by atoms with van der Waals surface area (Å²) in [6, 6.07) is 7.43. The molecule has 158 valence electrons. The van der Waals surface area contributed by atoms with Crippen LogP contribution in [0.25, 0.3) is 11.5 Å². The average molecular weight is 419 g/mol. The molecule has 1 saturated heterocycles. The first-order valence-electron chi connectivity index (χ1n) is 10.3. The SMILES string of the molecule is C[C@@H](CC(=O)N1CCN(Cc2noc(-c3ccccc3Cl)n2)CC1)CC(C)(C)C. The number of nitrogens with zero attached hydrogens (tertiary/aromatic N) is 4. The minimum absolute atomic E-state index is 0.256. The molecule has 2 heterocycles. The lowest BCUT2D eigenvalue weighted by Crippen LogP contribution is -2.48. The molecule has 0 spiro atoms. The van der Waals surface area contributed by atoms with Crippen LogP contribution in [0.15, 0.2) is 28.8 Å². The second-order valence-corrected chi connectivity index (χ2v) is 9.63. The molecule has 1 atom stereocenters. The van der Waals surface area contributed by atoms with Crippen molar-refractivity contribution >= 4 is 17.5 Å². The van der Waals surface area contributed by atoms with Gasteiger partial charge in [0.25, 0.3) is 5.89 Å². The van der Waals surface area contributed by atoms with E-state index in [-0.39, 0.29) is 11.3 Å². The van der Waals surface area contributed by atoms with Crippen LogP contribution >= 0.6 is 11.6 Å². The van der Waals surface area contributed by atoms with Crippen LogP contribution in [-0.2, 0) is 11.3 Å². The van der Waals surface area contributed by atoms with Gasteiger partial charge < -0.3 is 9.42 Å². The van der Waals surface area contributed by atoms with E-state index in [1.54, 1.807) is 6.07 Å². The van der Waals surface area contributed by atoms with Gasteiger partial charge in [-0.15, -0.1) is 0 Å². The fraction of sp³-hybridized carbons (Fsp3) is 0.591. The predicted octanol–water partition coefficient (Wildman–Crippen LogP) is 4.50. The van der Waals surface area contributed by atoms with Crippen LogP contribution in [0.5, 0.6) is 0 Å². The summed E-state index contributed by atoms with van der Waals surface area (Å²) in [6.45, 7) is 12.6. The van der Waals surface area contributed by atoms with Crippen molar-refractivity contribution in [3.63, 3.8) is 0 Å². The Kier molecular flexibility index (Phi) is 6.96. The minimum Gasteiger partial charge on any atom is -0.340 e. The first kappa shape index (κ1) is 21.8. The number of benzene rings is 1. The molecule has 1 aromatic carbocycles. The summed E-state index contributed by atoms with van der Waals surface area (Å²) >= 11 is 6.20. The van der Waals surface area contributed by atoms with E-state index in [0.717, 1.165) is 38.2 Å². The molecule has 6 nitrogen and oxygen atoms in total. The molecular weight excluding hydrogens is 388 g/mol. The number of piperazine rings is 1. The van der Waals surface area contributed by atoms with Gasteiger partial charge >= 0.3 is 0 Å². The normalized spacial score (nSPS) is 16.8. The Bertz CT molecular complexity index is 822. The van der Waals surface area contributed by atoms with Gasteiger partial charge in [-0.05, 0) is 29.9 Å². The summed E-state index contributed by atoms with van der Waals surface area (Å²) < 4.78 is 5.38. The molecule has 1 amide bonds. The molecule has 3 rings (SSSR count). The standard InChI is InChI=1S/C22H31ClN4O2/c1-16(14-22(2,3)4)13-20(28)27-11-9-26(10-12-27)15-19-24-21(29-25-19)17-7-5-6-8-18(17)23/h5-8,16H,9-15H2,1-4H3/t16-/m0/s1. The monoisotopic (exact) mass is 418 g/mol. The van der Waals surface area contributed by atoms with Crippen molar-refractivity contribution < 1.29 is 9.32 Å². The Hall–Kier alpha value is -1.92. The summed E-state index contributed by atoms with van der Waals surface area (Å²) in [5.74, 6) is 1.75. The largest absolute Gasteiger partial charge is 0.340 e. The Balaban J connectivity index is 1.48. The summed E-state index contributed by atoms with van der Waals surface area (Å²) in [4.78, 5) is 21.3. The Morgan fingerprint density at radius 2 is 1.90 bits per heavy atom. The lowest BCUT2D eigenvalue weighted by molar-refractivity contribution is -0.134. The molecule has 29 heavy (non-hydrogen) atoms. The molecule has 0 unspecified atom stereocenters. The van der Waals surface area contributed by atoms with Crippen LogP contribution < -0.4 is 0 Å². The number of hydrogen-bond acceptors (Lipinski definition) is 5. The zero-order valence-electron chi connectivity index (χ0n) is 17.8. The third kappa shape index (κ3) is 6.28. The number of amides is 1. The lowest BCUT2D eigenvalue weighted by Gasteiger charge is -2.35. The molecule has 0 saturated carbocycles. The summed E-state index contributed by atoms with van der Waals surface area (Å²) in [5, 5.41) is 4.68. The predicted molar refractivity (Wildman–Crippen MR) is 114 cm³/mol. The first-order valence-corrected chi connectivity index (χ1v) is 10.7. The molecule has 1 aliphatic heterocycles. The minimum atomic E-state index is 0.256. The van der Waals surface area contributed by atoms with Crippen LogP contribution in [0.3, 0.4) is 0 Å². The summed E-state index contributed by atoms with van der Waals surface area (Å²) in [7, 11) is 0. The maximum Gasteiger partial charge on any atom is 0.259 e. The van der Waals surface area contributed by atoms with E-state index in [4.69, 9.17) is 16.1 Å². The highest BCUT2D eigenvalue weighted by Gasteiger charge is 2.25. The van der Waals surface area contributed by atoms with Crippen LogP contribution in [0.2, 0.25) is 5.02 Å². The van der Waals surface area contributed by atoms with Gasteiger partial charge in [0.15, 0.2) is 5.82 Å². The van der Waals surface area contributed by atoms with Crippen molar-refractivity contribution in [1.82, 2.24) is 19.9 Å². The molecule has 0 radical (unpaired) electrons. The van der Waals surface area contributed by atoms with E-state index in [1.807, 2.05) is 23.1 Å². The quantitative estimate of drug-likeness (QED) is 0.691. The van der Waals surface area contributed by atoms with Crippen molar-refractivity contribution in [2.24, 2.45) is 11.3 Å². The number of carbonyl (C=O) groups excluding carboxylic acids is 1. The molecule has 1 aliphatic rings. The van der Waals surface area contributed by atoms with Crippen LogP contribution in [0, 0.1) is 11.3 Å². The summed E-state index contributed by atoms with van der Waals surface area (Å²) in [5.41, 5.74) is 0.999. The maximum absolute atomic E-state index is 12.6. The Labute approximate surface area is 178 Å². The smallest absolute Gasteiger partial charge is 0.259 e. The molecule has 1 fully saturated rings. The molecule has 2 aromatic rings. The van der Waals surface area contributed by atoms with Gasteiger partial charge in [0.05, 0.1) is 17.1 Å². The Morgan fingerprint density at radius 3 is 2.55 bits per heavy atom. The van der Waals surface area contributed by atoms with Gasteiger partial charge in [-0.25, -0.2) is 0 Å². The zero-order valence-corrected chi connectivity index (χ0v) is 18.6. The van der Waals surface area contributed by atoms with Gasteiger partial charge in [-0.1, -0.05) is 56.6 Å². The second-order valence-electron chi connectivity index (χ2n) is 9.23. The molecule has 0 N–H and O–H groups in total. The average Bonchev–Trinajstić information content (AvgIpc) is 3.09. The highest BCUT2D eigenvalue weighted by molar-refractivity contribution is 6.33. The van der Waals surface area contributed by atoms with E-state index >= 15 is 0 Å². The van der Waals surface area contributed by atoms with Crippen molar-refractivity contribution in [2.45, 2.75) is 47.1 Å². The van der Waals surface area contributed by atoms with E-state index < -0.39 is 0 Å². The molecular formula is C22H31ClN4O2. The van der Waals surface area contributed by atoms with Gasteiger partial charge in [-0.3, -0.25) is 9.69 Å².